The van der Waals surface area contributed by atoms with E-state index in [1.165, 1.54) is 26.2 Å². The summed E-state index contributed by atoms with van der Waals surface area (Å²) in [6, 6.07) is 11.2. The number of rotatable bonds is 4. The first kappa shape index (κ1) is 35.6. The number of amides is 4. The van der Waals surface area contributed by atoms with Crippen molar-refractivity contribution in [2.75, 3.05) is 23.0 Å². The SMILES string of the molecule is CCOC(=O)N1C(=O)Cc2cc(-c3cc(C(F)(F)F)nn3C)ccc21.CCOC(=O)N1C(=O)Cc2cc(-c3cc(C(F)(F)F)nn3C)ccc21. The molecule has 0 N–H and O–H groups in total. The van der Waals surface area contributed by atoms with E-state index in [1.54, 1.807) is 38.1 Å². The number of halogens is 6. The minimum atomic E-state index is -4.54. The van der Waals surface area contributed by atoms with E-state index >= 15 is 0 Å². The minimum Gasteiger partial charge on any atom is -0.449 e. The highest BCUT2D eigenvalue weighted by Gasteiger charge is 2.38. The summed E-state index contributed by atoms with van der Waals surface area (Å²) >= 11 is 0. The van der Waals surface area contributed by atoms with Gasteiger partial charge in [0, 0.05) is 25.2 Å². The molecule has 0 saturated carbocycles. The molecule has 0 unspecified atom stereocenters. The van der Waals surface area contributed by atoms with E-state index in [0.29, 0.717) is 33.6 Å². The third-order valence-electron chi connectivity index (χ3n) is 7.66. The summed E-state index contributed by atoms with van der Waals surface area (Å²) in [4.78, 5) is 49.8. The van der Waals surface area contributed by atoms with Crippen LogP contribution in [0.2, 0.25) is 0 Å². The number of anilines is 2. The summed E-state index contributed by atoms with van der Waals surface area (Å²) in [6.45, 7) is 3.52. The lowest BCUT2D eigenvalue weighted by atomic mass is 10.1. The lowest BCUT2D eigenvalue weighted by Crippen LogP contribution is -2.34. The van der Waals surface area contributed by atoms with Crippen LogP contribution in [0, 0.1) is 0 Å². The van der Waals surface area contributed by atoms with E-state index in [9.17, 15) is 45.5 Å². The Bertz CT molecular complexity index is 1860. The van der Waals surface area contributed by atoms with Crippen molar-refractivity contribution in [3.05, 3.63) is 71.0 Å². The highest BCUT2D eigenvalue weighted by Crippen LogP contribution is 2.37. The molecule has 0 saturated heterocycles. The van der Waals surface area contributed by atoms with Crippen LogP contribution in [0.3, 0.4) is 0 Å². The zero-order valence-electron chi connectivity index (χ0n) is 26.8. The number of aryl methyl sites for hydroxylation is 2. The van der Waals surface area contributed by atoms with E-state index in [0.717, 1.165) is 31.3 Å². The number of ether oxygens (including phenoxy) is 2. The number of carbonyl (C=O) groups excluding carboxylic acids is 4. The van der Waals surface area contributed by atoms with E-state index in [4.69, 9.17) is 9.47 Å². The van der Waals surface area contributed by atoms with Crippen molar-refractivity contribution >= 4 is 35.4 Å². The molecule has 4 amide bonds. The van der Waals surface area contributed by atoms with Crippen LogP contribution in [0.5, 0.6) is 0 Å². The molecule has 0 fully saturated rings. The topological polar surface area (TPSA) is 129 Å². The highest BCUT2D eigenvalue weighted by molar-refractivity contribution is 6.18. The van der Waals surface area contributed by atoms with Gasteiger partial charge >= 0.3 is 24.5 Å². The first-order chi connectivity index (χ1) is 23.4. The van der Waals surface area contributed by atoms with Crippen molar-refractivity contribution in [1.82, 2.24) is 19.6 Å². The van der Waals surface area contributed by atoms with Crippen LogP contribution >= 0.6 is 0 Å². The minimum absolute atomic E-state index is 0.0219. The molecule has 6 rings (SSSR count). The van der Waals surface area contributed by atoms with E-state index in [1.807, 2.05) is 0 Å². The number of nitrogens with zero attached hydrogens (tertiary/aromatic N) is 6. The fourth-order valence-corrected chi connectivity index (χ4v) is 5.49. The van der Waals surface area contributed by atoms with Crippen LogP contribution in [0.15, 0.2) is 48.5 Å². The molecule has 12 nitrogen and oxygen atoms in total. The molecule has 18 heteroatoms. The number of carbonyl (C=O) groups is 4. The molecule has 2 aromatic carbocycles. The largest absolute Gasteiger partial charge is 0.449 e. The Hall–Kier alpha value is -5.68. The van der Waals surface area contributed by atoms with Crippen molar-refractivity contribution in [1.29, 1.82) is 0 Å². The predicted octanol–water partition coefficient (Wildman–Crippen LogP) is 6.30. The van der Waals surface area contributed by atoms with Crippen molar-refractivity contribution in [3.8, 4) is 22.5 Å². The molecule has 264 valence electrons. The second-order valence-corrected chi connectivity index (χ2v) is 11.0. The average molecular weight is 707 g/mol. The van der Waals surface area contributed by atoms with Gasteiger partial charge in [0.15, 0.2) is 11.4 Å². The molecule has 2 aliphatic rings. The fraction of sp³-hybridized carbons (Fsp3) is 0.312. The maximum absolute atomic E-state index is 12.8. The maximum atomic E-state index is 12.8. The second kappa shape index (κ2) is 13.3. The van der Waals surface area contributed by atoms with Gasteiger partial charge in [-0.05, 0) is 61.4 Å². The highest BCUT2D eigenvalue weighted by atomic mass is 19.4. The number of hydrogen-bond acceptors (Lipinski definition) is 8. The first-order valence-electron chi connectivity index (χ1n) is 14.9. The van der Waals surface area contributed by atoms with Crippen molar-refractivity contribution in [3.63, 3.8) is 0 Å². The third kappa shape index (κ3) is 6.90. The Morgan fingerprint density at radius 1 is 0.660 bits per heavy atom. The number of aromatic nitrogens is 4. The quantitative estimate of drug-likeness (QED) is 0.226. The van der Waals surface area contributed by atoms with E-state index in [2.05, 4.69) is 10.2 Å². The molecule has 0 radical (unpaired) electrons. The zero-order chi connectivity index (χ0) is 36.7. The summed E-state index contributed by atoms with van der Waals surface area (Å²) in [5, 5.41) is 6.95. The fourth-order valence-electron chi connectivity index (χ4n) is 5.49. The number of alkyl halides is 6. The predicted molar refractivity (Wildman–Crippen MR) is 164 cm³/mol. The molecule has 4 aromatic rings. The summed E-state index contributed by atoms with van der Waals surface area (Å²) in [5.74, 6) is -0.877. The van der Waals surface area contributed by atoms with E-state index < -0.39 is 47.7 Å². The number of fused-ring (bicyclic) bond motifs is 2. The maximum Gasteiger partial charge on any atom is 0.435 e. The van der Waals surface area contributed by atoms with Crippen LogP contribution in [0.4, 0.5) is 47.3 Å². The Morgan fingerprint density at radius 3 is 1.32 bits per heavy atom. The molecular formula is C32H28F6N6O6. The monoisotopic (exact) mass is 706 g/mol. The van der Waals surface area contributed by atoms with Gasteiger partial charge in [0.05, 0.1) is 48.8 Å². The van der Waals surface area contributed by atoms with Gasteiger partial charge in [-0.25, -0.2) is 19.4 Å². The Morgan fingerprint density at radius 2 is 1.02 bits per heavy atom. The second-order valence-electron chi connectivity index (χ2n) is 11.0. The van der Waals surface area contributed by atoms with Crippen molar-refractivity contribution < 1.29 is 55.0 Å². The van der Waals surface area contributed by atoms with Gasteiger partial charge in [0.1, 0.15) is 0 Å². The summed E-state index contributed by atoms with van der Waals surface area (Å²) in [7, 11) is 2.82. The molecule has 2 aliphatic heterocycles. The molecule has 0 atom stereocenters. The van der Waals surface area contributed by atoms with Gasteiger partial charge in [0.2, 0.25) is 11.8 Å². The molecule has 0 aliphatic carbocycles. The molecule has 4 heterocycles. The third-order valence-corrected chi connectivity index (χ3v) is 7.66. The van der Waals surface area contributed by atoms with Crippen molar-refractivity contribution in [2.45, 2.75) is 39.0 Å². The van der Waals surface area contributed by atoms with E-state index in [-0.39, 0.29) is 37.4 Å². The van der Waals surface area contributed by atoms with Crippen LogP contribution in [0.25, 0.3) is 22.5 Å². The van der Waals surface area contributed by atoms with Crippen LogP contribution in [-0.2, 0) is 58.4 Å². The van der Waals surface area contributed by atoms with Gasteiger partial charge in [-0.15, -0.1) is 0 Å². The number of imide groups is 2. The Balaban J connectivity index is 0.000000194. The average Bonchev–Trinajstić information content (AvgIpc) is 3.78. The lowest BCUT2D eigenvalue weighted by Gasteiger charge is -2.14. The zero-order valence-corrected chi connectivity index (χ0v) is 26.8. The van der Waals surface area contributed by atoms with Gasteiger partial charge in [-0.1, -0.05) is 12.1 Å². The van der Waals surface area contributed by atoms with Gasteiger partial charge in [-0.2, -0.15) is 36.5 Å². The number of benzene rings is 2. The van der Waals surface area contributed by atoms with Crippen LogP contribution in [0.1, 0.15) is 36.4 Å². The Labute approximate surface area is 279 Å². The van der Waals surface area contributed by atoms with Gasteiger partial charge in [-0.3, -0.25) is 19.0 Å². The Kier molecular flexibility index (Phi) is 9.49. The molecule has 2 aromatic heterocycles. The smallest absolute Gasteiger partial charge is 0.435 e. The van der Waals surface area contributed by atoms with Crippen molar-refractivity contribution in [2.24, 2.45) is 14.1 Å². The molecule has 0 bridgehead atoms. The molecular weight excluding hydrogens is 678 g/mol. The normalized spacial score (nSPS) is 14.0. The van der Waals surface area contributed by atoms with Crippen LogP contribution < -0.4 is 9.80 Å². The molecule has 50 heavy (non-hydrogen) atoms. The number of hydrogen-bond donors (Lipinski definition) is 0. The van der Waals surface area contributed by atoms with Gasteiger partial charge in [0.25, 0.3) is 0 Å². The standard InChI is InChI=1S/2C16H14F3N3O3/c2*1-3-25-15(24)22-11-5-4-9(6-10(11)7-14(22)23)12-8-13(16(17,18)19)20-21(12)2/h2*4-6,8H,3,7H2,1-2H3. The first-order valence-corrected chi connectivity index (χ1v) is 14.9. The van der Waals surface area contributed by atoms with Gasteiger partial charge < -0.3 is 9.47 Å². The lowest BCUT2D eigenvalue weighted by molar-refractivity contribution is -0.142. The van der Waals surface area contributed by atoms with Crippen LogP contribution in [-0.4, -0.2) is 56.8 Å². The molecule has 0 spiro atoms. The summed E-state index contributed by atoms with van der Waals surface area (Å²) in [5.41, 5.74) is 1.34. The summed E-state index contributed by atoms with van der Waals surface area (Å²) in [6.07, 6.45) is -10.7. The summed E-state index contributed by atoms with van der Waals surface area (Å²) < 4.78 is 88.8.